The zero-order valence-corrected chi connectivity index (χ0v) is 16.4. The molecule has 26 heavy (non-hydrogen) atoms. The van der Waals surface area contributed by atoms with Crippen molar-refractivity contribution in [3.63, 3.8) is 0 Å². The average molecular weight is 384 g/mol. The van der Waals surface area contributed by atoms with Crippen LogP contribution in [0.5, 0.6) is 5.75 Å². The van der Waals surface area contributed by atoms with Crippen LogP contribution in [0.1, 0.15) is 19.8 Å². The lowest BCUT2D eigenvalue weighted by atomic mass is 10.1. The van der Waals surface area contributed by atoms with Crippen molar-refractivity contribution >= 4 is 17.6 Å². The Hall–Kier alpha value is -1.50. The highest BCUT2D eigenvalue weighted by Crippen LogP contribution is 2.18. The van der Waals surface area contributed by atoms with Gasteiger partial charge >= 0.3 is 0 Å². The van der Waals surface area contributed by atoms with Gasteiger partial charge in [-0.1, -0.05) is 17.7 Å². The monoisotopic (exact) mass is 383 g/mol. The molecule has 1 heterocycles. The molecule has 0 aromatic heterocycles. The molecule has 2 rings (SSSR count). The number of hydrogen-bond donors (Lipinski definition) is 2. The van der Waals surface area contributed by atoms with Gasteiger partial charge in [-0.3, -0.25) is 4.99 Å². The predicted molar refractivity (Wildman–Crippen MR) is 105 cm³/mol. The van der Waals surface area contributed by atoms with Gasteiger partial charge in [-0.05, 0) is 38.0 Å². The van der Waals surface area contributed by atoms with Crippen molar-refractivity contribution in [1.82, 2.24) is 10.6 Å². The fourth-order valence-electron chi connectivity index (χ4n) is 2.62. The van der Waals surface area contributed by atoms with Crippen LogP contribution >= 0.6 is 11.6 Å². The van der Waals surface area contributed by atoms with Crippen molar-refractivity contribution in [2.45, 2.75) is 25.9 Å². The van der Waals surface area contributed by atoms with Crippen molar-refractivity contribution in [3.05, 3.63) is 29.3 Å². The fourth-order valence-corrected chi connectivity index (χ4v) is 2.80. The molecule has 0 aliphatic carbocycles. The molecule has 1 aliphatic rings. The number of nitrogens with one attached hydrogen (secondary N) is 2. The Bertz CT molecular complexity index is 551. The molecule has 7 heteroatoms. The number of nitrogens with zero attached hydrogens (tertiary/aromatic N) is 1. The minimum absolute atomic E-state index is 0.0102. The third-order valence-corrected chi connectivity index (χ3v) is 4.28. The van der Waals surface area contributed by atoms with Gasteiger partial charge in [0, 0.05) is 37.7 Å². The second-order valence-corrected chi connectivity index (χ2v) is 6.86. The van der Waals surface area contributed by atoms with Gasteiger partial charge < -0.3 is 24.8 Å². The number of guanidine groups is 1. The molecule has 2 N–H and O–H groups in total. The molecule has 0 saturated carbocycles. The van der Waals surface area contributed by atoms with Gasteiger partial charge in [0.25, 0.3) is 0 Å². The summed E-state index contributed by atoms with van der Waals surface area (Å²) >= 11 is 5.97. The van der Waals surface area contributed by atoms with Gasteiger partial charge in [-0.25, -0.2) is 0 Å². The van der Waals surface area contributed by atoms with Crippen molar-refractivity contribution in [3.8, 4) is 5.75 Å². The first-order valence-electron chi connectivity index (χ1n) is 9.19. The van der Waals surface area contributed by atoms with Gasteiger partial charge in [-0.2, -0.15) is 0 Å². The Kier molecular flexibility index (Phi) is 9.60. The Morgan fingerprint density at radius 2 is 2.31 bits per heavy atom. The van der Waals surface area contributed by atoms with Gasteiger partial charge in [0.2, 0.25) is 0 Å². The molecule has 0 amide bonds. The highest BCUT2D eigenvalue weighted by Gasteiger charge is 2.15. The van der Waals surface area contributed by atoms with E-state index in [1.807, 2.05) is 31.2 Å². The van der Waals surface area contributed by atoms with E-state index >= 15 is 0 Å². The van der Waals surface area contributed by atoms with Crippen LogP contribution in [0.25, 0.3) is 0 Å². The van der Waals surface area contributed by atoms with Gasteiger partial charge in [0.15, 0.2) is 5.96 Å². The van der Waals surface area contributed by atoms with E-state index in [9.17, 15) is 0 Å². The molecule has 0 bridgehead atoms. The van der Waals surface area contributed by atoms with E-state index in [-0.39, 0.29) is 6.10 Å². The van der Waals surface area contributed by atoms with E-state index in [1.165, 1.54) is 0 Å². The molecule has 1 saturated heterocycles. The second kappa shape index (κ2) is 12.0. The van der Waals surface area contributed by atoms with Crippen LogP contribution in [0.3, 0.4) is 0 Å². The predicted octanol–water partition coefficient (Wildman–Crippen LogP) is 2.72. The minimum atomic E-state index is -0.0102. The highest BCUT2D eigenvalue weighted by molar-refractivity contribution is 6.30. The first-order valence-corrected chi connectivity index (χ1v) is 9.57. The van der Waals surface area contributed by atoms with Crippen LogP contribution in [-0.2, 0) is 9.47 Å². The van der Waals surface area contributed by atoms with Crippen molar-refractivity contribution in [2.24, 2.45) is 10.9 Å². The van der Waals surface area contributed by atoms with Crippen molar-refractivity contribution < 1.29 is 14.2 Å². The molecule has 6 nitrogen and oxygen atoms in total. The lowest BCUT2D eigenvalue weighted by molar-refractivity contribution is 0.0888. The smallest absolute Gasteiger partial charge is 0.191 e. The lowest BCUT2D eigenvalue weighted by Crippen LogP contribution is -2.42. The molecule has 0 spiro atoms. The second-order valence-electron chi connectivity index (χ2n) is 6.42. The summed E-state index contributed by atoms with van der Waals surface area (Å²) in [6.45, 7) is 6.71. The molecular weight excluding hydrogens is 354 g/mol. The van der Waals surface area contributed by atoms with E-state index in [4.69, 9.17) is 25.8 Å². The summed E-state index contributed by atoms with van der Waals surface area (Å²) < 4.78 is 16.9. The summed E-state index contributed by atoms with van der Waals surface area (Å²) in [5.41, 5.74) is 0. The zero-order chi connectivity index (χ0) is 18.6. The minimum Gasteiger partial charge on any atom is -0.489 e. The van der Waals surface area contributed by atoms with E-state index in [0.29, 0.717) is 17.5 Å². The van der Waals surface area contributed by atoms with E-state index < -0.39 is 0 Å². The maximum Gasteiger partial charge on any atom is 0.191 e. The van der Waals surface area contributed by atoms with Gasteiger partial charge in [0.05, 0.1) is 19.8 Å². The van der Waals surface area contributed by atoms with Crippen LogP contribution < -0.4 is 15.4 Å². The lowest BCUT2D eigenvalue weighted by Gasteiger charge is -2.18. The first kappa shape index (κ1) is 20.8. The Labute approximate surface area is 161 Å². The number of rotatable bonds is 10. The maximum absolute atomic E-state index is 5.97. The first-order chi connectivity index (χ1) is 12.7. The Morgan fingerprint density at radius 3 is 3.04 bits per heavy atom. The van der Waals surface area contributed by atoms with E-state index in [2.05, 4.69) is 15.6 Å². The fraction of sp³-hybridized carbons (Fsp3) is 0.632. The Balaban J connectivity index is 1.54. The van der Waals surface area contributed by atoms with Crippen LogP contribution in [0.4, 0.5) is 0 Å². The van der Waals surface area contributed by atoms with Crippen LogP contribution in [-0.4, -0.2) is 58.6 Å². The van der Waals surface area contributed by atoms with Gasteiger partial charge in [-0.15, -0.1) is 0 Å². The van der Waals surface area contributed by atoms with E-state index in [0.717, 1.165) is 57.5 Å². The third-order valence-electron chi connectivity index (χ3n) is 4.05. The summed E-state index contributed by atoms with van der Waals surface area (Å²) in [5.74, 6) is 2.09. The molecule has 0 radical (unpaired) electrons. The quantitative estimate of drug-likeness (QED) is 0.369. The van der Waals surface area contributed by atoms with Crippen LogP contribution in [0, 0.1) is 5.92 Å². The average Bonchev–Trinajstić information content (AvgIpc) is 3.14. The molecule has 1 aromatic rings. The molecule has 1 fully saturated rings. The Morgan fingerprint density at radius 1 is 1.42 bits per heavy atom. The molecule has 2 unspecified atom stereocenters. The van der Waals surface area contributed by atoms with Gasteiger partial charge in [0.1, 0.15) is 11.9 Å². The molecule has 1 aliphatic heterocycles. The van der Waals surface area contributed by atoms with Crippen LogP contribution in [0.2, 0.25) is 5.02 Å². The summed E-state index contributed by atoms with van der Waals surface area (Å²) in [6.07, 6.45) is 2.04. The SMILES string of the molecule is CN=C(NCCCOCC1CCOC1)NCC(C)Oc1cccc(Cl)c1. The molecule has 2 atom stereocenters. The topological polar surface area (TPSA) is 64.1 Å². The number of benzene rings is 1. The summed E-state index contributed by atoms with van der Waals surface area (Å²) in [4.78, 5) is 4.22. The van der Waals surface area contributed by atoms with Crippen molar-refractivity contribution in [2.75, 3.05) is 46.6 Å². The molecule has 146 valence electrons. The number of halogens is 1. The standard InChI is InChI=1S/C19H30ClN3O3/c1-15(26-18-6-3-5-17(20)11-18)12-23-19(21-2)22-8-4-9-24-13-16-7-10-25-14-16/h3,5-6,11,15-16H,4,7-10,12-14H2,1-2H3,(H2,21,22,23). The van der Waals surface area contributed by atoms with Crippen molar-refractivity contribution in [1.29, 1.82) is 0 Å². The summed E-state index contributed by atoms with van der Waals surface area (Å²) in [7, 11) is 1.76. The van der Waals surface area contributed by atoms with Crippen LogP contribution in [0.15, 0.2) is 29.3 Å². The molecule has 1 aromatic carbocycles. The normalized spacial score (nSPS) is 18.6. The van der Waals surface area contributed by atoms with E-state index in [1.54, 1.807) is 7.05 Å². The highest BCUT2D eigenvalue weighted by atomic mass is 35.5. The largest absolute Gasteiger partial charge is 0.489 e. The summed E-state index contributed by atoms with van der Waals surface area (Å²) in [6, 6.07) is 7.41. The maximum atomic E-state index is 5.97. The summed E-state index contributed by atoms with van der Waals surface area (Å²) in [5, 5.41) is 7.22. The molecular formula is C19H30ClN3O3. The number of hydrogen-bond acceptors (Lipinski definition) is 4. The zero-order valence-electron chi connectivity index (χ0n) is 15.7. The number of aliphatic imine (C=N–C) groups is 1. The number of ether oxygens (including phenoxy) is 3. The third kappa shape index (κ3) is 8.25.